The third-order valence-electron chi connectivity index (χ3n) is 2.97. The summed E-state index contributed by atoms with van der Waals surface area (Å²) in [5.74, 6) is -0.0797. The van der Waals surface area contributed by atoms with Crippen molar-refractivity contribution in [3.63, 3.8) is 0 Å². The Kier molecular flexibility index (Phi) is 3.58. The smallest absolute Gasteiger partial charge is 0.263 e. The fraction of sp³-hybridized carbons (Fsp3) is 0.600. The van der Waals surface area contributed by atoms with Gasteiger partial charge < -0.3 is 11.1 Å². The first-order valence-corrected chi connectivity index (χ1v) is 8.16. The number of carbonyl (C=O) groups is 1. The number of sulfone groups is 1. The van der Waals surface area contributed by atoms with Crippen LogP contribution in [0.25, 0.3) is 0 Å². The van der Waals surface area contributed by atoms with Crippen molar-refractivity contribution in [1.82, 2.24) is 10.3 Å². The van der Waals surface area contributed by atoms with Crippen LogP contribution >= 0.6 is 11.3 Å². The summed E-state index contributed by atoms with van der Waals surface area (Å²) >= 11 is 1.11. The molecule has 1 unspecified atom stereocenters. The largest absolute Gasteiger partial charge is 0.375 e. The van der Waals surface area contributed by atoms with Crippen LogP contribution in [0, 0.1) is 6.92 Å². The van der Waals surface area contributed by atoms with E-state index in [0.717, 1.165) is 11.3 Å². The SMILES string of the molecule is Cc1nc(N)sc1C(=O)NCC1CCCS1(=O)=O. The van der Waals surface area contributed by atoms with Crippen molar-refractivity contribution in [2.75, 3.05) is 18.0 Å². The number of nitrogens with two attached hydrogens (primary N) is 1. The van der Waals surface area contributed by atoms with E-state index in [2.05, 4.69) is 10.3 Å². The van der Waals surface area contributed by atoms with Crippen molar-refractivity contribution >= 4 is 32.2 Å². The summed E-state index contributed by atoms with van der Waals surface area (Å²) in [4.78, 5) is 16.3. The predicted octanol–water partition coefficient (Wildman–Crippen LogP) is 0.341. The van der Waals surface area contributed by atoms with E-state index in [-0.39, 0.29) is 18.2 Å². The molecule has 0 aliphatic carbocycles. The number of aromatic nitrogens is 1. The molecule has 0 aromatic carbocycles. The summed E-state index contributed by atoms with van der Waals surface area (Å²) in [7, 11) is -3.02. The van der Waals surface area contributed by atoms with Crippen LogP contribution in [-0.2, 0) is 9.84 Å². The molecule has 1 atom stereocenters. The van der Waals surface area contributed by atoms with Crippen molar-refractivity contribution < 1.29 is 13.2 Å². The van der Waals surface area contributed by atoms with Crippen LogP contribution in [0.2, 0.25) is 0 Å². The summed E-state index contributed by atoms with van der Waals surface area (Å²) in [5.41, 5.74) is 6.08. The summed E-state index contributed by atoms with van der Waals surface area (Å²) in [6, 6.07) is 0. The standard InChI is InChI=1S/C10H15N3O3S2/c1-6-8(17-10(11)13-6)9(14)12-5-7-3-2-4-18(7,15)16/h7H,2-5H2,1H3,(H2,11,13)(H,12,14). The number of rotatable bonds is 3. The van der Waals surface area contributed by atoms with Gasteiger partial charge in [0, 0.05) is 6.54 Å². The van der Waals surface area contributed by atoms with Gasteiger partial charge in [-0.15, -0.1) is 0 Å². The molecule has 100 valence electrons. The third kappa shape index (κ3) is 2.64. The van der Waals surface area contributed by atoms with Crippen LogP contribution in [0.3, 0.4) is 0 Å². The Balaban J connectivity index is 1.99. The number of amides is 1. The zero-order valence-electron chi connectivity index (χ0n) is 9.97. The molecule has 0 bridgehead atoms. The molecule has 1 saturated heterocycles. The van der Waals surface area contributed by atoms with Gasteiger partial charge in [0.2, 0.25) is 0 Å². The second-order valence-corrected chi connectivity index (χ2v) is 7.74. The predicted molar refractivity (Wildman–Crippen MR) is 70.4 cm³/mol. The second kappa shape index (κ2) is 4.85. The highest BCUT2D eigenvalue weighted by atomic mass is 32.2. The fourth-order valence-corrected chi connectivity index (χ4v) is 4.52. The maximum Gasteiger partial charge on any atom is 0.263 e. The maximum absolute atomic E-state index is 11.9. The Bertz CT molecular complexity index is 565. The summed E-state index contributed by atoms with van der Waals surface area (Å²) < 4.78 is 23.2. The topological polar surface area (TPSA) is 102 Å². The molecule has 1 aromatic rings. The van der Waals surface area contributed by atoms with Gasteiger partial charge in [0.25, 0.3) is 5.91 Å². The first-order valence-electron chi connectivity index (χ1n) is 5.63. The molecular formula is C10H15N3O3S2. The van der Waals surface area contributed by atoms with Gasteiger partial charge in [0.05, 0.1) is 16.7 Å². The molecular weight excluding hydrogens is 274 g/mol. The minimum atomic E-state index is -3.02. The Morgan fingerprint density at radius 1 is 1.61 bits per heavy atom. The van der Waals surface area contributed by atoms with Crippen LogP contribution < -0.4 is 11.1 Å². The van der Waals surface area contributed by atoms with Crippen LogP contribution in [0.4, 0.5) is 5.13 Å². The summed E-state index contributed by atoms with van der Waals surface area (Å²) in [5, 5.41) is 2.53. The van der Waals surface area contributed by atoms with E-state index >= 15 is 0 Å². The molecule has 0 spiro atoms. The van der Waals surface area contributed by atoms with Crippen molar-refractivity contribution in [2.45, 2.75) is 25.0 Å². The number of nitrogens with one attached hydrogen (secondary N) is 1. The molecule has 1 fully saturated rings. The number of nitrogens with zero attached hydrogens (tertiary/aromatic N) is 1. The van der Waals surface area contributed by atoms with Gasteiger partial charge in [-0.1, -0.05) is 11.3 Å². The molecule has 1 aliphatic heterocycles. The van der Waals surface area contributed by atoms with E-state index in [1.54, 1.807) is 6.92 Å². The van der Waals surface area contributed by atoms with Gasteiger partial charge in [-0.25, -0.2) is 13.4 Å². The number of hydrogen-bond acceptors (Lipinski definition) is 6. The first kappa shape index (κ1) is 13.3. The second-order valence-electron chi connectivity index (χ2n) is 4.31. The molecule has 6 nitrogen and oxygen atoms in total. The molecule has 0 saturated carbocycles. The van der Waals surface area contributed by atoms with Gasteiger partial charge in [0.1, 0.15) is 4.88 Å². The molecule has 1 aromatic heterocycles. The molecule has 2 heterocycles. The minimum Gasteiger partial charge on any atom is -0.375 e. The van der Waals surface area contributed by atoms with Crippen molar-refractivity contribution in [3.8, 4) is 0 Å². The normalized spacial score (nSPS) is 21.9. The highest BCUT2D eigenvalue weighted by molar-refractivity contribution is 7.92. The van der Waals surface area contributed by atoms with Gasteiger partial charge in [-0.3, -0.25) is 4.79 Å². The average molecular weight is 289 g/mol. The lowest BCUT2D eigenvalue weighted by molar-refractivity contribution is 0.0957. The van der Waals surface area contributed by atoms with Crippen molar-refractivity contribution in [3.05, 3.63) is 10.6 Å². The van der Waals surface area contributed by atoms with Crippen LogP contribution in [0.15, 0.2) is 0 Å². The Morgan fingerprint density at radius 3 is 2.83 bits per heavy atom. The first-order chi connectivity index (χ1) is 8.40. The molecule has 1 aliphatic rings. The number of aryl methyl sites for hydroxylation is 1. The summed E-state index contributed by atoms with van der Waals surface area (Å²) in [6.07, 6.45) is 1.29. The molecule has 8 heteroatoms. The van der Waals surface area contributed by atoms with Crippen LogP contribution in [-0.4, -0.2) is 36.9 Å². The number of nitrogen functional groups attached to an aromatic ring is 1. The minimum absolute atomic E-state index is 0.165. The Hall–Kier alpha value is -1.15. The molecule has 2 rings (SSSR count). The average Bonchev–Trinajstić information content (AvgIpc) is 2.78. The number of hydrogen-bond donors (Lipinski definition) is 2. The van der Waals surface area contributed by atoms with Crippen molar-refractivity contribution in [1.29, 1.82) is 0 Å². The van der Waals surface area contributed by atoms with E-state index in [9.17, 15) is 13.2 Å². The highest BCUT2D eigenvalue weighted by Gasteiger charge is 2.31. The molecule has 3 N–H and O–H groups in total. The van der Waals surface area contributed by atoms with E-state index < -0.39 is 15.1 Å². The Labute approximate surface area is 110 Å². The quantitative estimate of drug-likeness (QED) is 0.835. The molecule has 1 amide bonds. The van der Waals surface area contributed by atoms with Gasteiger partial charge in [-0.2, -0.15) is 0 Å². The maximum atomic E-state index is 11.9. The van der Waals surface area contributed by atoms with Crippen molar-refractivity contribution in [2.24, 2.45) is 0 Å². The highest BCUT2D eigenvalue weighted by Crippen LogP contribution is 2.21. The molecule has 0 radical (unpaired) electrons. The number of thiazole rings is 1. The monoisotopic (exact) mass is 289 g/mol. The lowest BCUT2D eigenvalue weighted by atomic mass is 10.2. The van der Waals surface area contributed by atoms with Gasteiger partial charge >= 0.3 is 0 Å². The van der Waals surface area contributed by atoms with E-state index in [1.165, 1.54) is 0 Å². The number of anilines is 1. The van der Waals surface area contributed by atoms with Gasteiger partial charge in [0.15, 0.2) is 15.0 Å². The van der Waals surface area contributed by atoms with E-state index in [0.29, 0.717) is 28.5 Å². The van der Waals surface area contributed by atoms with E-state index in [1.807, 2.05) is 0 Å². The zero-order valence-corrected chi connectivity index (χ0v) is 11.6. The fourth-order valence-electron chi connectivity index (χ4n) is 2.00. The zero-order chi connectivity index (χ0) is 13.3. The number of carbonyl (C=O) groups excluding carboxylic acids is 1. The lowest BCUT2D eigenvalue weighted by Gasteiger charge is -2.10. The van der Waals surface area contributed by atoms with Crippen LogP contribution in [0.1, 0.15) is 28.2 Å². The lowest BCUT2D eigenvalue weighted by Crippen LogP contribution is -2.34. The van der Waals surface area contributed by atoms with Crippen LogP contribution in [0.5, 0.6) is 0 Å². The van der Waals surface area contributed by atoms with Gasteiger partial charge in [-0.05, 0) is 19.8 Å². The van der Waals surface area contributed by atoms with E-state index in [4.69, 9.17) is 5.73 Å². The molecule has 18 heavy (non-hydrogen) atoms. The third-order valence-corrected chi connectivity index (χ3v) is 6.23. The Morgan fingerprint density at radius 2 is 2.33 bits per heavy atom. The summed E-state index contributed by atoms with van der Waals surface area (Å²) in [6.45, 7) is 1.87.